The van der Waals surface area contributed by atoms with Crippen LogP contribution in [0.25, 0.3) is 0 Å². The van der Waals surface area contributed by atoms with Gasteiger partial charge in [0.15, 0.2) is 0 Å². The van der Waals surface area contributed by atoms with Crippen LogP contribution in [-0.2, 0) is 9.39 Å². The average Bonchev–Trinajstić information content (AvgIpc) is 2.39. The molecule has 1 aromatic rings. The highest BCUT2D eigenvalue weighted by Crippen LogP contribution is 2.06. The largest absolute Gasteiger partial charge is 0.564 e. The number of methoxy groups -OCH3 is 1. The first-order valence-electron chi connectivity index (χ1n) is 5.82. The first-order valence-corrected chi connectivity index (χ1v) is 5.82. The Balaban J connectivity index is 2.43. The van der Waals surface area contributed by atoms with Crippen LogP contribution in [0.4, 0.5) is 4.79 Å². The van der Waals surface area contributed by atoms with E-state index in [1.54, 1.807) is 31.4 Å². The molecule has 6 heteroatoms. The molecule has 1 aromatic carbocycles. The van der Waals surface area contributed by atoms with Crippen molar-refractivity contribution in [3.8, 4) is 5.75 Å². The van der Waals surface area contributed by atoms with Gasteiger partial charge < -0.3 is 19.2 Å². The standard InChI is InChI=1S/C12H17BO5/c1-3-4-9-17-12(14)18-13(15)10-5-7-11(16-2)8-6-10/h5-8,15H,3-4,9H2,1-2H3. The third-order valence-corrected chi connectivity index (χ3v) is 2.33. The summed E-state index contributed by atoms with van der Waals surface area (Å²) in [6, 6.07) is 6.57. The van der Waals surface area contributed by atoms with Crippen LogP contribution in [0.3, 0.4) is 0 Å². The molecule has 0 spiro atoms. The number of hydrogen-bond donors (Lipinski definition) is 1. The summed E-state index contributed by atoms with van der Waals surface area (Å²) in [6.07, 6.45) is 0.828. The molecule has 0 atom stereocenters. The van der Waals surface area contributed by atoms with Gasteiger partial charge in [-0.2, -0.15) is 0 Å². The van der Waals surface area contributed by atoms with Crippen LogP contribution in [-0.4, -0.2) is 32.0 Å². The van der Waals surface area contributed by atoms with E-state index in [2.05, 4.69) is 0 Å². The van der Waals surface area contributed by atoms with E-state index >= 15 is 0 Å². The van der Waals surface area contributed by atoms with Gasteiger partial charge in [0.1, 0.15) is 5.75 Å². The quantitative estimate of drug-likeness (QED) is 0.470. The van der Waals surface area contributed by atoms with Gasteiger partial charge in [-0.05, 0) is 24.0 Å². The minimum absolute atomic E-state index is 0.296. The molecule has 0 fully saturated rings. The first kappa shape index (κ1) is 14.4. The van der Waals surface area contributed by atoms with Gasteiger partial charge in [-0.3, -0.25) is 0 Å². The highest BCUT2D eigenvalue weighted by atomic mass is 16.7. The summed E-state index contributed by atoms with van der Waals surface area (Å²) in [6.45, 7) is 2.28. The van der Waals surface area contributed by atoms with E-state index in [1.165, 1.54) is 0 Å². The Morgan fingerprint density at radius 2 is 2.00 bits per heavy atom. The number of hydrogen-bond acceptors (Lipinski definition) is 5. The van der Waals surface area contributed by atoms with Gasteiger partial charge >= 0.3 is 13.3 Å². The first-order chi connectivity index (χ1) is 8.67. The van der Waals surface area contributed by atoms with Gasteiger partial charge in [0, 0.05) is 0 Å². The van der Waals surface area contributed by atoms with Crippen LogP contribution < -0.4 is 10.2 Å². The molecule has 0 radical (unpaired) electrons. The lowest BCUT2D eigenvalue weighted by atomic mass is 9.80. The van der Waals surface area contributed by atoms with Gasteiger partial charge in [-0.1, -0.05) is 25.5 Å². The zero-order valence-electron chi connectivity index (χ0n) is 10.6. The smallest absolute Gasteiger partial charge is 0.497 e. The van der Waals surface area contributed by atoms with Crippen LogP contribution in [0.15, 0.2) is 24.3 Å². The number of rotatable bonds is 6. The van der Waals surface area contributed by atoms with Crippen molar-refractivity contribution in [3.05, 3.63) is 24.3 Å². The SMILES string of the molecule is CCCCOC(=O)OB(O)c1ccc(OC)cc1. The molecule has 0 saturated heterocycles. The summed E-state index contributed by atoms with van der Waals surface area (Å²) < 4.78 is 14.5. The van der Waals surface area contributed by atoms with Gasteiger partial charge in [0.25, 0.3) is 0 Å². The van der Waals surface area contributed by atoms with E-state index < -0.39 is 13.3 Å². The number of ether oxygens (including phenoxy) is 2. The fourth-order valence-electron chi connectivity index (χ4n) is 1.26. The van der Waals surface area contributed by atoms with Crippen molar-refractivity contribution in [1.29, 1.82) is 0 Å². The molecule has 0 amide bonds. The minimum Gasteiger partial charge on any atom is -0.497 e. The van der Waals surface area contributed by atoms with E-state index in [1.807, 2.05) is 6.92 Å². The number of benzene rings is 1. The van der Waals surface area contributed by atoms with E-state index in [0.29, 0.717) is 17.8 Å². The van der Waals surface area contributed by atoms with Crippen LogP contribution in [0.5, 0.6) is 5.75 Å². The molecule has 18 heavy (non-hydrogen) atoms. The highest BCUT2D eigenvalue weighted by Gasteiger charge is 2.22. The summed E-state index contributed by atoms with van der Waals surface area (Å²) in [5.74, 6) is 0.663. The topological polar surface area (TPSA) is 65.0 Å². The molecule has 1 rings (SSSR count). The van der Waals surface area contributed by atoms with Gasteiger partial charge in [-0.15, -0.1) is 0 Å². The molecule has 5 nitrogen and oxygen atoms in total. The van der Waals surface area contributed by atoms with Crippen LogP contribution in [0, 0.1) is 0 Å². The van der Waals surface area contributed by atoms with Crippen molar-refractivity contribution >= 4 is 18.7 Å². The maximum absolute atomic E-state index is 11.2. The van der Waals surface area contributed by atoms with Crippen molar-refractivity contribution in [2.45, 2.75) is 19.8 Å². The average molecular weight is 252 g/mol. The lowest BCUT2D eigenvalue weighted by molar-refractivity contribution is 0.0923. The Kier molecular flexibility index (Phi) is 6.07. The summed E-state index contributed by atoms with van der Waals surface area (Å²) in [7, 11) is 0.220. The van der Waals surface area contributed by atoms with Crippen LogP contribution in [0.2, 0.25) is 0 Å². The highest BCUT2D eigenvalue weighted by molar-refractivity contribution is 6.61. The summed E-state index contributed by atoms with van der Waals surface area (Å²) in [5, 5.41) is 9.65. The molecule has 0 unspecified atom stereocenters. The minimum atomic E-state index is -1.33. The predicted molar refractivity (Wildman–Crippen MR) is 67.9 cm³/mol. The molecule has 1 N–H and O–H groups in total. The van der Waals surface area contributed by atoms with Crippen molar-refractivity contribution in [1.82, 2.24) is 0 Å². The lowest BCUT2D eigenvalue weighted by Crippen LogP contribution is -2.36. The molecule has 0 aromatic heterocycles. The van der Waals surface area contributed by atoms with Crippen molar-refractivity contribution in [2.75, 3.05) is 13.7 Å². The fourth-order valence-corrected chi connectivity index (χ4v) is 1.26. The lowest BCUT2D eigenvalue weighted by Gasteiger charge is -2.09. The molecule has 0 aliphatic rings. The predicted octanol–water partition coefficient (Wildman–Crippen LogP) is 1.34. The summed E-state index contributed by atoms with van der Waals surface area (Å²) in [4.78, 5) is 11.2. The van der Waals surface area contributed by atoms with Gasteiger partial charge in [-0.25, -0.2) is 4.79 Å². The molecule has 0 bridgehead atoms. The Morgan fingerprint density at radius 1 is 1.33 bits per heavy atom. The third kappa shape index (κ3) is 4.67. The third-order valence-electron chi connectivity index (χ3n) is 2.33. The Labute approximate surface area is 107 Å². The van der Waals surface area contributed by atoms with Gasteiger partial charge in [0.05, 0.1) is 13.7 Å². The van der Waals surface area contributed by atoms with Crippen molar-refractivity contribution < 1.29 is 23.9 Å². The number of unbranched alkanes of at least 4 members (excludes halogenated alkanes) is 1. The Hall–Kier alpha value is -1.69. The second-order valence-electron chi connectivity index (χ2n) is 3.70. The second-order valence-corrected chi connectivity index (χ2v) is 3.70. The normalized spacial score (nSPS) is 9.72. The van der Waals surface area contributed by atoms with Crippen molar-refractivity contribution in [2.24, 2.45) is 0 Å². The molecular formula is C12H17BO5. The molecule has 98 valence electrons. The fraction of sp³-hybridized carbons (Fsp3) is 0.417. The maximum atomic E-state index is 11.2. The summed E-state index contributed by atoms with van der Waals surface area (Å²) in [5.41, 5.74) is 0.461. The maximum Gasteiger partial charge on any atom is 0.564 e. The Morgan fingerprint density at radius 3 is 2.56 bits per heavy atom. The number of carbonyl (C=O) groups is 1. The second kappa shape index (κ2) is 7.60. The monoisotopic (exact) mass is 252 g/mol. The zero-order chi connectivity index (χ0) is 13.4. The molecular weight excluding hydrogens is 235 g/mol. The summed E-state index contributed by atoms with van der Waals surface area (Å²) >= 11 is 0. The molecule has 0 aliphatic carbocycles. The van der Waals surface area contributed by atoms with E-state index in [9.17, 15) is 9.82 Å². The van der Waals surface area contributed by atoms with Gasteiger partial charge in [0.2, 0.25) is 0 Å². The van der Waals surface area contributed by atoms with E-state index in [-0.39, 0.29) is 0 Å². The van der Waals surface area contributed by atoms with Crippen molar-refractivity contribution in [3.63, 3.8) is 0 Å². The van der Waals surface area contributed by atoms with E-state index in [0.717, 1.165) is 12.8 Å². The Bertz CT molecular complexity index is 365. The molecule has 0 aliphatic heterocycles. The van der Waals surface area contributed by atoms with Crippen LogP contribution >= 0.6 is 0 Å². The number of carbonyl (C=O) groups excluding carboxylic acids is 1. The van der Waals surface area contributed by atoms with E-state index in [4.69, 9.17) is 14.1 Å². The van der Waals surface area contributed by atoms with Crippen LogP contribution in [0.1, 0.15) is 19.8 Å². The zero-order valence-corrected chi connectivity index (χ0v) is 10.6. The molecule has 0 heterocycles. The molecule has 0 saturated carbocycles.